The Bertz CT molecular complexity index is 2960. The molecule has 0 aromatic heterocycles. The van der Waals surface area contributed by atoms with Crippen LogP contribution in [-0.4, -0.2) is 198 Å². The van der Waals surface area contributed by atoms with Crippen LogP contribution >= 0.6 is 11.8 Å². The summed E-state index contributed by atoms with van der Waals surface area (Å²) in [5, 5.41) is 21.1. The van der Waals surface area contributed by atoms with Crippen molar-refractivity contribution < 1.29 is 62.3 Å². The lowest BCUT2D eigenvalue weighted by molar-refractivity contribution is -0.144. The summed E-state index contributed by atoms with van der Waals surface area (Å²) in [6, 6.07) is 4.51. The number of unbranched alkanes of at least 4 members (excludes halogenated alkanes) is 1. The molecular formula is C63H98N18O13S. The fourth-order valence-corrected chi connectivity index (χ4v) is 11.5. The fraction of sp³-hybridized carbons (Fsp3) is 0.587. The molecule has 10 atom stereocenters. The molecule has 4 rings (SSSR count). The van der Waals surface area contributed by atoms with Gasteiger partial charge >= 0.3 is 0 Å². The molecule has 2 aliphatic rings. The van der Waals surface area contributed by atoms with Crippen LogP contribution in [0.25, 0.3) is 0 Å². The van der Waals surface area contributed by atoms with Crippen molar-refractivity contribution in [3.05, 3.63) is 71.8 Å². The zero-order chi connectivity index (χ0) is 70.1. The standard InChI is InChI=1S/C63H98N18O13S/c1-37(2)33-45(57(89)74-41(53(68)85)27-32-95-3)73-52(84)36-72-54(86)46(34-38-15-6-4-7-16-38)78-58(90)47(35-39-17-8-5-9-18-39)79-56(88)42(23-25-50(66)82)75-55(87)43(24-26-51(67)83)76-59(91)49-22-14-31-81(49)62(94)44(20-10-11-28-64)77-60(92)48-21-13-30-80(48)61(93)40(65)19-12-29-71-63(69)70/h4-9,15-18,37,40-49H,10-14,19-36,64-65H2,1-3H3,(H2,66,82)(H2,67,83)(H2,68,85)(H,72,86)(H,73,84)(H,74,89)(H,75,87)(H,76,91)(H,77,92)(H,78,90)(H,79,88)(H4,69,70,71)/t40-,41-,42+,43-,44-,45-,46+,47+,48-,49-/m0/s1. The number of carbonyl (C=O) groups excluding carboxylic acids is 13. The van der Waals surface area contributed by atoms with Gasteiger partial charge in [0.2, 0.25) is 76.8 Å². The summed E-state index contributed by atoms with van der Waals surface area (Å²) in [5.74, 6) is -9.80. The molecule has 2 aromatic carbocycles. The molecule has 524 valence electrons. The maximum atomic E-state index is 14.7. The van der Waals surface area contributed by atoms with Crippen LogP contribution in [0.1, 0.15) is 121 Å². The minimum absolute atomic E-state index is 0.0736. The second kappa shape index (κ2) is 41.0. The third-order valence-corrected chi connectivity index (χ3v) is 16.7. The van der Waals surface area contributed by atoms with E-state index in [-0.39, 0.29) is 83.0 Å². The normalized spacial score (nSPS) is 16.8. The molecule has 32 heteroatoms. The molecule has 0 bridgehead atoms. The van der Waals surface area contributed by atoms with Gasteiger partial charge in [0.15, 0.2) is 5.96 Å². The van der Waals surface area contributed by atoms with Gasteiger partial charge in [0, 0.05) is 45.3 Å². The largest absolute Gasteiger partial charge is 0.370 e. The highest BCUT2D eigenvalue weighted by molar-refractivity contribution is 7.98. The number of nitrogens with zero attached hydrogens (tertiary/aromatic N) is 3. The maximum Gasteiger partial charge on any atom is 0.245 e. The zero-order valence-corrected chi connectivity index (χ0v) is 55.3. The summed E-state index contributed by atoms with van der Waals surface area (Å²) >= 11 is 1.45. The Morgan fingerprint density at radius 1 is 0.537 bits per heavy atom. The lowest BCUT2D eigenvalue weighted by Crippen LogP contribution is -2.60. The number of carbonyl (C=O) groups is 13. The molecule has 0 aliphatic carbocycles. The molecule has 31 nitrogen and oxygen atoms in total. The van der Waals surface area contributed by atoms with Crippen molar-refractivity contribution in [3.8, 4) is 0 Å². The Morgan fingerprint density at radius 2 is 1.01 bits per heavy atom. The van der Waals surface area contributed by atoms with E-state index in [1.807, 2.05) is 20.1 Å². The zero-order valence-electron chi connectivity index (χ0n) is 54.5. The van der Waals surface area contributed by atoms with Crippen molar-refractivity contribution in [2.75, 3.05) is 44.7 Å². The SMILES string of the molecule is CSCC[C@H](NC(=O)[C@H](CC(C)C)NC(=O)CNC(=O)[C@@H](Cc1ccccc1)NC(=O)[C@@H](Cc1ccccc1)NC(=O)[C@@H](CCC(N)=O)NC(=O)[C@H](CCC(N)=O)NC(=O)[C@@H]1CCCN1C(=O)[C@H](CCCCN)NC(=O)[C@@H]1CCCN1C(=O)[C@@H](N)CCCN=C(N)N)C(N)=O. The van der Waals surface area contributed by atoms with Crippen molar-refractivity contribution in [3.63, 3.8) is 0 Å². The van der Waals surface area contributed by atoms with E-state index in [1.165, 1.54) is 21.6 Å². The Morgan fingerprint density at radius 3 is 1.51 bits per heavy atom. The summed E-state index contributed by atoms with van der Waals surface area (Å²) in [6.45, 7) is 3.86. The highest BCUT2D eigenvalue weighted by Crippen LogP contribution is 2.24. The molecule has 0 saturated carbocycles. The number of likely N-dealkylation sites (tertiary alicyclic amines) is 2. The molecule has 2 heterocycles. The van der Waals surface area contributed by atoms with Crippen LogP contribution in [0.3, 0.4) is 0 Å². The lowest BCUT2D eigenvalue weighted by Gasteiger charge is -2.32. The van der Waals surface area contributed by atoms with Crippen LogP contribution < -0.4 is 82.7 Å². The molecule has 2 saturated heterocycles. The number of rotatable bonds is 42. The summed E-state index contributed by atoms with van der Waals surface area (Å²) < 4.78 is 0. The van der Waals surface area contributed by atoms with E-state index in [0.29, 0.717) is 55.4 Å². The first-order valence-corrected chi connectivity index (χ1v) is 33.6. The number of guanidine groups is 1. The summed E-state index contributed by atoms with van der Waals surface area (Å²) in [5.41, 5.74) is 40.6. The van der Waals surface area contributed by atoms with E-state index >= 15 is 0 Å². The fourth-order valence-electron chi connectivity index (χ4n) is 11.0. The van der Waals surface area contributed by atoms with Gasteiger partial charge in [0.1, 0.15) is 54.4 Å². The highest BCUT2D eigenvalue weighted by Gasteiger charge is 2.42. The Balaban J connectivity index is 1.56. The average Bonchev–Trinajstić information content (AvgIpc) is 1.74. The van der Waals surface area contributed by atoms with E-state index in [2.05, 4.69) is 47.5 Å². The average molecular weight is 1350 g/mol. The smallest absolute Gasteiger partial charge is 0.245 e. The van der Waals surface area contributed by atoms with Gasteiger partial charge in [-0.1, -0.05) is 74.5 Å². The van der Waals surface area contributed by atoms with E-state index in [0.717, 1.165) is 0 Å². The van der Waals surface area contributed by atoms with Crippen molar-refractivity contribution in [2.45, 2.75) is 183 Å². The van der Waals surface area contributed by atoms with Gasteiger partial charge in [-0.05, 0) is 119 Å². The molecule has 0 spiro atoms. The number of hydrogen-bond acceptors (Lipinski definition) is 17. The number of benzene rings is 2. The van der Waals surface area contributed by atoms with Crippen LogP contribution in [-0.2, 0) is 75.2 Å². The second-order valence-corrected chi connectivity index (χ2v) is 25.1. The molecule has 2 fully saturated rings. The van der Waals surface area contributed by atoms with Crippen molar-refractivity contribution in [1.82, 2.24) is 52.3 Å². The number of primary amides is 3. The first-order chi connectivity index (χ1) is 45.2. The number of aliphatic imine (C=N–C) groups is 1. The molecule has 2 aromatic rings. The van der Waals surface area contributed by atoms with Gasteiger partial charge in [0.05, 0.1) is 12.6 Å². The minimum Gasteiger partial charge on any atom is -0.370 e. The van der Waals surface area contributed by atoms with E-state index in [4.69, 9.17) is 40.1 Å². The highest BCUT2D eigenvalue weighted by atomic mass is 32.2. The van der Waals surface area contributed by atoms with E-state index in [9.17, 15) is 62.3 Å². The summed E-state index contributed by atoms with van der Waals surface area (Å²) in [4.78, 5) is 185. The quantitative estimate of drug-likeness (QED) is 0.0173. The first kappa shape index (κ1) is 78.5. The number of nitrogens with one attached hydrogen (secondary N) is 8. The first-order valence-electron chi connectivity index (χ1n) is 32.2. The molecule has 2 aliphatic heterocycles. The number of amides is 13. The van der Waals surface area contributed by atoms with Crippen LogP contribution in [0.2, 0.25) is 0 Å². The van der Waals surface area contributed by atoms with Gasteiger partial charge in [-0.15, -0.1) is 0 Å². The number of hydrogen-bond donors (Lipinski definition) is 15. The summed E-state index contributed by atoms with van der Waals surface area (Å²) in [7, 11) is 0. The Hall–Kier alpha value is -8.91. The molecule has 0 unspecified atom stereocenters. The van der Waals surface area contributed by atoms with Crippen molar-refractivity contribution in [2.24, 2.45) is 51.0 Å². The van der Waals surface area contributed by atoms with Crippen molar-refractivity contribution in [1.29, 1.82) is 0 Å². The van der Waals surface area contributed by atoms with E-state index in [1.54, 1.807) is 60.7 Å². The van der Waals surface area contributed by atoms with Gasteiger partial charge in [0.25, 0.3) is 0 Å². The van der Waals surface area contributed by atoms with Crippen LogP contribution in [0.15, 0.2) is 65.7 Å². The minimum atomic E-state index is -1.64. The monoisotopic (exact) mass is 1350 g/mol. The van der Waals surface area contributed by atoms with Gasteiger partial charge < -0.3 is 92.5 Å². The van der Waals surface area contributed by atoms with Crippen molar-refractivity contribution >= 4 is 94.5 Å². The Kier molecular flexibility index (Phi) is 33.9. The van der Waals surface area contributed by atoms with Crippen LogP contribution in [0, 0.1) is 5.92 Å². The van der Waals surface area contributed by atoms with Gasteiger partial charge in [-0.2, -0.15) is 11.8 Å². The van der Waals surface area contributed by atoms with Gasteiger partial charge in [-0.3, -0.25) is 67.3 Å². The summed E-state index contributed by atoms with van der Waals surface area (Å²) in [6.07, 6.45) is 3.12. The third-order valence-electron chi connectivity index (χ3n) is 16.0. The number of thioether (sulfide) groups is 1. The lowest BCUT2D eigenvalue weighted by atomic mass is 10.0. The molecule has 22 N–H and O–H groups in total. The molecule has 13 amide bonds. The predicted molar refractivity (Wildman–Crippen MR) is 356 cm³/mol. The number of nitrogens with two attached hydrogens (primary N) is 7. The second-order valence-electron chi connectivity index (χ2n) is 24.1. The maximum absolute atomic E-state index is 14.7. The molecule has 95 heavy (non-hydrogen) atoms. The molecular weight excluding hydrogens is 1250 g/mol. The van der Waals surface area contributed by atoms with Gasteiger partial charge in [-0.25, -0.2) is 0 Å². The predicted octanol–water partition coefficient (Wildman–Crippen LogP) is -3.71. The third kappa shape index (κ3) is 27.5. The molecule has 0 radical (unpaired) electrons. The van der Waals surface area contributed by atoms with Crippen LogP contribution in [0.4, 0.5) is 0 Å². The Labute approximate surface area is 558 Å². The van der Waals surface area contributed by atoms with Crippen LogP contribution in [0.5, 0.6) is 0 Å². The topological polar surface area (TPSA) is 519 Å². The van der Waals surface area contributed by atoms with E-state index < -0.39 is 169 Å².